The third-order valence-electron chi connectivity index (χ3n) is 2.26. The minimum atomic E-state index is -0.0303. The average Bonchev–Trinajstić information content (AvgIpc) is 2.30. The maximum absolute atomic E-state index is 9.19. The number of nitrogens with zero attached hydrogens (tertiary/aromatic N) is 1. The highest BCUT2D eigenvalue weighted by atomic mass is 16.3. The van der Waals surface area contributed by atoms with Crippen LogP contribution in [-0.2, 0) is 6.61 Å². The van der Waals surface area contributed by atoms with E-state index >= 15 is 0 Å². The number of hydrogen-bond donors (Lipinski definition) is 2. The lowest BCUT2D eigenvalue weighted by atomic mass is 10.0. The molecule has 3 heteroatoms. The Bertz CT molecular complexity index is 454. The van der Waals surface area contributed by atoms with Crippen LogP contribution >= 0.6 is 0 Å². The lowest BCUT2D eigenvalue weighted by Gasteiger charge is -2.07. The van der Waals surface area contributed by atoms with Crippen LogP contribution in [0.15, 0.2) is 42.6 Å². The number of nitrogens with two attached hydrogens (primary N) is 1. The van der Waals surface area contributed by atoms with Crippen molar-refractivity contribution in [2.24, 2.45) is 0 Å². The van der Waals surface area contributed by atoms with Crippen LogP contribution in [-0.4, -0.2) is 10.1 Å². The molecule has 76 valence electrons. The van der Waals surface area contributed by atoms with Crippen molar-refractivity contribution in [2.45, 2.75) is 6.61 Å². The van der Waals surface area contributed by atoms with E-state index in [-0.39, 0.29) is 6.61 Å². The van der Waals surface area contributed by atoms with Crippen molar-refractivity contribution in [3.05, 3.63) is 48.2 Å². The van der Waals surface area contributed by atoms with E-state index in [9.17, 15) is 5.11 Å². The van der Waals surface area contributed by atoms with Crippen LogP contribution in [0.4, 0.5) is 5.82 Å². The minimum absolute atomic E-state index is 0.0303. The van der Waals surface area contributed by atoms with Gasteiger partial charge in [0.15, 0.2) is 0 Å². The van der Waals surface area contributed by atoms with E-state index in [2.05, 4.69) is 4.98 Å². The quantitative estimate of drug-likeness (QED) is 0.777. The number of rotatable bonds is 2. The van der Waals surface area contributed by atoms with Gasteiger partial charge in [0.1, 0.15) is 5.82 Å². The maximum Gasteiger partial charge on any atom is 0.123 e. The smallest absolute Gasteiger partial charge is 0.123 e. The summed E-state index contributed by atoms with van der Waals surface area (Å²) in [5.41, 5.74) is 8.39. The van der Waals surface area contributed by atoms with E-state index in [0.717, 1.165) is 16.7 Å². The second kappa shape index (κ2) is 4.11. The second-order valence-corrected chi connectivity index (χ2v) is 3.29. The molecule has 15 heavy (non-hydrogen) atoms. The Morgan fingerprint density at radius 3 is 2.60 bits per heavy atom. The van der Waals surface area contributed by atoms with E-state index in [1.807, 2.05) is 30.3 Å². The number of benzene rings is 1. The molecule has 3 nitrogen and oxygen atoms in total. The normalized spacial score (nSPS) is 10.2. The number of aromatic nitrogens is 1. The minimum Gasteiger partial charge on any atom is -0.392 e. The van der Waals surface area contributed by atoms with Crippen LogP contribution in [0.3, 0.4) is 0 Å². The average molecular weight is 200 g/mol. The van der Waals surface area contributed by atoms with Gasteiger partial charge in [-0.15, -0.1) is 0 Å². The summed E-state index contributed by atoms with van der Waals surface area (Å²) >= 11 is 0. The van der Waals surface area contributed by atoms with Crippen LogP contribution in [0.25, 0.3) is 11.1 Å². The Hall–Kier alpha value is -1.87. The van der Waals surface area contributed by atoms with Crippen LogP contribution < -0.4 is 5.73 Å². The van der Waals surface area contributed by atoms with Crippen LogP contribution in [0.2, 0.25) is 0 Å². The SMILES string of the molecule is Nc1cc(-c2ccccc2)c(CO)cn1. The predicted molar refractivity (Wildman–Crippen MR) is 60.0 cm³/mol. The van der Waals surface area contributed by atoms with E-state index in [1.54, 1.807) is 12.3 Å². The Morgan fingerprint density at radius 2 is 1.93 bits per heavy atom. The van der Waals surface area contributed by atoms with Crippen molar-refractivity contribution >= 4 is 5.82 Å². The monoisotopic (exact) mass is 200 g/mol. The first kappa shape index (κ1) is 9.68. The highest BCUT2D eigenvalue weighted by Crippen LogP contribution is 2.24. The number of hydrogen-bond acceptors (Lipinski definition) is 3. The fraction of sp³-hybridized carbons (Fsp3) is 0.0833. The fourth-order valence-electron chi connectivity index (χ4n) is 1.51. The lowest BCUT2D eigenvalue weighted by molar-refractivity contribution is 0.282. The summed E-state index contributed by atoms with van der Waals surface area (Å²) in [6, 6.07) is 11.6. The van der Waals surface area contributed by atoms with Crippen LogP contribution in [0, 0.1) is 0 Å². The van der Waals surface area contributed by atoms with Gasteiger partial charge in [-0.2, -0.15) is 0 Å². The third-order valence-corrected chi connectivity index (χ3v) is 2.26. The maximum atomic E-state index is 9.19. The predicted octanol–water partition coefficient (Wildman–Crippen LogP) is 1.82. The molecule has 3 N–H and O–H groups in total. The van der Waals surface area contributed by atoms with E-state index in [0.29, 0.717) is 5.82 Å². The Kier molecular flexibility index (Phi) is 2.65. The molecule has 0 saturated heterocycles. The van der Waals surface area contributed by atoms with Crippen molar-refractivity contribution in [1.82, 2.24) is 4.98 Å². The van der Waals surface area contributed by atoms with Crippen molar-refractivity contribution < 1.29 is 5.11 Å². The molecule has 0 saturated carbocycles. The van der Waals surface area contributed by atoms with Crippen LogP contribution in [0.1, 0.15) is 5.56 Å². The summed E-state index contributed by atoms with van der Waals surface area (Å²) in [6.07, 6.45) is 1.61. The standard InChI is InChI=1S/C12H12N2O/c13-12-6-11(10(8-15)7-14-12)9-4-2-1-3-5-9/h1-7,15H,8H2,(H2,13,14). The molecule has 0 fully saturated rings. The molecule has 0 aliphatic rings. The van der Waals surface area contributed by atoms with Gasteiger partial charge in [-0.25, -0.2) is 4.98 Å². The molecule has 0 radical (unpaired) electrons. The Labute approximate surface area is 88.2 Å². The summed E-state index contributed by atoms with van der Waals surface area (Å²) in [7, 11) is 0. The van der Waals surface area contributed by atoms with Gasteiger partial charge < -0.3 is 10.8 Å². The van der Waals surface area contributed by atoms with Gasteiger partial charge in [-0.3, -0.25) is 0 Å². The molecule has 0 amide bonds. The molecule has 0 spiro atoms. The van der Waals surface area contributed by atoms with Gasteiger partial charge in [0, 0.05) is 11.8 Å². The zero-order valence-electron chi connectivity index (χ0n) is 8.22. The number of aliphatic hydroxyl groups is 1. The van der Waals surface area contributed by atoms with Gasteiger partial charge >= 0.3 is 0 Å². The van der Waals surface area contributed by atoms with Gasteiger partial charge in [-0.05, 0) is 17.2 Å². The van der Waals surface area contributed by atoms with E-state index < -0.39 is 0 Å². The Morgan fingerprint density at radius 1 is 1.20 bits per heavy atom. The first-order valence-corrected chi connectivity index (χ1v) is 4.72. The van der Waals surface area contributed by atoms with Gasteiger partial charge in [0.2, 0.25) is 0 Å². The second-order valence-electron chi connectivity index (χ2n) is 3.29. The summed E-state index contributed by atoms with van der Waals surface area (Å²) < 4.78 is 0. The molecule has 0 bridgehead atoms. The molecule has 1 heterocycles. The molecule has 2 aromatic rings. The first-order chi connectivity index (χ1) is 7.31. The number of aliphatic hydroxyl groups excluding tert-OH is 1. The van der Waals surface area contributed by atoms with Crippen molar-refractivity contribution in [1.29, 1.82) is 0 Å². The Balaban J connectivity index is 2.56. The number of anilines is 1. The third kappa shape index (κ3) is 1.97. The largest absolute Gasteiger partial charge is 0.392 e. The number of nitrogen functional groups attached to an aromatic ring is 1. The number of pyridine rings is 1. The summed E-state index contributed by atoms with van der Waals surface area (Å²) in [5.74, 6) is 0.464. The van der Waals surface area contributed by atoms with Crippen LogP contribution in [0.5, 0.6) is 0 Å². The fourth-order valence-corrected chi connectivity index (χ4v) is 1.51. The van der Waals surface area contributed by atoms with Gasteiger partial charge in [0.25, 0.3) is 0 Å². The molecule has 0 unspecified atom stereocenters. The van der Waals surface area contributed by atoms with Crippen molar-refractivity contribution in [3.63, 3.8) is 0 Å². The van der Waals surface area contributed by atoms with E-state index in [1.165, 1.54) is 0 Å². The lowest BCUT2D eigenvalue weighted by Crippen LogP contribution is -1.95. The molecular formula is C12H12N2O. The molecular weight excluding hydrogens is 188 g/mol. The van der Waals surface area contributed by atoms with Gasteiger partial charge in [0.05, 0.1) is 6.61 Å². The molecule has 0 aliphatic heterocycles. The molecule has 2 rings (SSSR count). The highest BCUT2D eigenvalue weighted by molar-refractivity contribution is 5.69. The first-order valence-electron chi connectivity index (χ1n) is 4.72. The van der Waals surface area contributed by atoms with Crippen molar-refractivity contribution in [2.75, 3.05) is 5.73 Å². The summed E-state index contributed by atoms with van der Waals surface area (Å²) in [6.45, 7) is -0.0303. The molecule has 1 aromatic carbocycles. The summed E-state index contributed by atoms with van der Waals surface area (Å²) in [4.78, 5) is 3.95. The highest BCUT2D eigenvalue weighted by Gasteiger charge is 2.04. The zero-order chi connectivity index (χ0) is 10.7. The van der Waals surface area contributed by atoms with Crippen molar-refractivity contribution in [3.8, 4) is 11.1 Å². The molecule has 0 atom stereocenters. The topological polar surface area (TPSA) is 59.1 Å². The zero-order valence-corrected chi connectivity index (χ0v) is 8.22. The van der Waals surface area contributed by atoms with E-state index in [4.69, 9.17) is 5.73 Å². The molecule has 1 aromatic heterocycles. The molecule has 0 aliphatic carbocycles. The summed E-state index contributed by atoms with van der Waals surface area (Å²) in [5, 5.41) is 9.19. The van der Waals surface area contributed by atoms with Gasteiger partial charge in [-0.1, -0.05) is 30.3 Å².